The SMILES string of the molecule is Cc1ccc(CC(=O)Cc2csc3ccccc23)cc1C. The monoisotopic (exact) mass is 294 g/mol. The molecule has 0 aliphatic carbocycles. The van der Waals surface area contributed by atoms with Gasteiger partial charge in [-0.15, -0.1) is 11.3 Å². The van der Waals surface area contributed by atoms with Crippen LogP contribution in [0, 0.1) is 13.8 Å². The van der Waals surface area contributed by atoms with Crippen LogP contribution in [0.4, 0.5) is 0 Å². The highest BCUT2D eigenvalue weighted by atomic mass is 32.1. The Morgan fingerprint density at radius 3 is 2.62 bits per heavy atom. The number of aryl methyl sites for hydroxylation is 2. The minimum Gasteiger partial charge on any atom is -0.299 e. The van der Waals surface area contributed by atoms with Crippen LogP contribution in [0.1, 0.15) is 22.3 Å². The van der Waals surface area contributed by atoms with Gasteiger partial charge >= 0.3 is 0 Å². The number of Topliss-reactive ketones (excluding diaryl/α,β-unsaturated/α-hetero) is 1. The summed E-state index contributed by atoms with van der Waals surface area (Å²) in [7, 11) is 0. The molecule has 0 saturated carbocycles. The fourth-order valence-electron chi connectivity index (χ4n) is 2.59. The van der Waals surface area contributed by atoms with E-state index in [1.54, 1.807) is 11.3 Å². The third-order valence-electron chi connectivity index (χ3n) is 3.92. The van der Waals surface area contributed by atoms with Gasteiger partial charge in [-0.25, -0.2) is 0 Å². The number of benzene rings is 2. The van der Waals surface area contributed by atoms with E-state index in [1.165, 1.54) is 21.2 Å². The molecule has 1 heterocycles. The summed E-state index contributed by atoms with van der Waals surface area (Å²) < 4.78 is 1.26. The molecule has 0 aliphatic heterocycles. The molecule has 0 unspecified atom stereocenters. The number of fused-ring (bicyclic) bond motifs is 1. The molecule has 2 heteroatoms. The average molecular weight is 294 g/mol. The standard InChI is InChI=1S/C19H18OS/c1-13-7-8-15(9-14(13)2)10-17(20)11-16-12-21-19-6-4-3-5-18(16)19/h3-9,12H,10-11H2,1-2H3. The first kappa shape index (κ1) is 14.0. The quantitative estimate of drug-likeness (QED) is 0.670. The van der Waals surface area contributed by atoms with Crippen molar-refractivity contribution in [2.24, 2.45) is 0 Å². The van der Waals surface area contributed by atoms with Crippen molar-refractivity contribution in [2.45, 2.75) is 26.7 Å². The third kappa shape index (κ3) is 3.06. The largest absolute Gasteiger partial charge is 0.299 e. The van der Waals surface area contributed by atoms with E-state index >= 15 is 0 Å². The molecule has 0 bridgehead atoms. The smallest absolute Gasteiger partial charge is 0.141 e. The highest BCUT2D eigenvalue weighted by Crippen LogP contribution is 2.26. The Bertz CT molecular complexity index is 798. The van der Waals surface area contributed by atoms with E-state index in [-0.39, 0.29) is 5.78 Å². The van der Waals surface area contributed by atoms with E-state index < -0.39 is 0 Å². The first-order chi connectivity index (χ1) is 10.1. The van der Waals surface area contributed by atoms with E-state index in [1.807, 2.05) is 12.1 Å². The molecule has 1 nitrogen and oxygen atoms in total. The van der Waals surface area contributed by atoms with Crippen LogP contribution >= 0.6 is 11.3 Å². The number of carbonyl (C=O) groups excluding carboxylic acids is 1. The average Bonchev–Trinajstić information content (AvgIpc) is 2.86. The summed E-state index contributed by atoms with van der Waals surface area (Å²) in [4.78, 5) is 12.3. The van der Waals surface area contributed by atoms with Gasteiger partial charge in [-0.3, -0.25) is 4.79 Å². The number of rotatable bonds is 4. The van der Waals surface area contributed by atoms with Crippen molar-refractivity contribution < 1.29 is 4.79 Å². The maximum absolute atomic E-state index is 12.3. The van der Waals surface area contributed by atoms with Crippen LogP contribution in [0.3, 0.4) is 0 Å². The molecule has 0 fully saturated rings. The van der Waals surface area contributed by atoms with E-state index in [2.05, 4.69) is 49.6 Å². The van der Waals surface area contributed by atoms with Crippen LogP contribution in [-0.4, -0.2) is 5.78 Å². The Morgan fingerprint density at radius 2 is 1.81 bits per heavy atom. The molecule has 0 radical (unpaired) electrons. The van der Waals surface area contributed by atoms with Crippen LogP contribution in [0.15, 0.2) is 47.8 Å². The molecule has 0 amide bonds. The topological polar surface area (TPSA) is 17.1 Å². The van der Waals surface area contributed by atoms with Crippen LogP contribution in [0.5, 0.6) is 0 Å². The van der Waals surface area contributed by atoms with Crippen LogP contribution < -0.4 is 0 Å². The van der Waals surface area contributed by atoms with Crippen molar-refractivity contribution >= 4 is 27.2 Å². The van der Waals surface area contributed by atoms with Crippen molar-refractivity contribution in [2.75, 3.05) is 0 Å². The fraction of sp³-hybridized carbons (Fsp3) is 0.211. The molecule has 0 atom stereocenters. The Kier molecular flexibility index (Phi) is 3.89. The Balaban J connectivity index is 1.75. The van der Waals surface area contributed by atoms with Gasteiger partial charge in [-0.05, 0) is 52.9 Å². The number of hydrogen-bond acceptors (Lipinski definition) is 2. The van der Waals surface area contributed by atoms with E-state index in [0.29, 0.717) is 12.8 Å². The third-order valence-corrected chi connectivity index (χ3v) is 4.93. The Morgan fingerprint density at radius 1 is 1.00 bits per heavy atom. The van der Waals surface area contributed by atoms with E-state index in [9.17, 15) is 4.79 Å². The lowest BCUT2D eigenvalue weighted by atomic mass is 9.99. The molecule has 1 aromatic heterocycles. The lowest BCUT2D eigenvalue weighted by Gasteiger charge is -2.05. The summed E-state index contributed by atoms with van der Waals surface area (Å²) in [6.45, 7) is 4.19. The molecule has 3 rings (SSSR count). The van der Waals surface area contributed by atoms with Gasteiger partial charge in [0.15, 0.2) is 0 Å². The Labute approximate surface area is 129 Å². The molecule has 21 heavy (non-hydrogen) atoms. The van der Waals surface area contributed by atoms with Gasteiger partial charge in [0.1, 0.15) is 5.78 Å². The van der Waals surface area contributed by atoms with E-state index in [4.69, 9.17) is 0 Å². The first-order valence-electron chi connectivity index (χ1n) is 7.16. The van der Waals surface area contributed by atoms with Crippen molar-refractivity contribution in [3.63, 3.8) is 0 Å². The predicted octanol–water partition coefficient (Wildman–Crippen LogP) is 4.87. The molecule has 0 saturated heterocycles. The summed E-state index contributed by atoms with van der Waals surface area (Å²) >= 11 is 1.71. The van der Waals surface area contributed by atoms with Crippen molar-refractivity contribution in [3.8, 4) is 0 Å². The number of carbonyl (C=O) groups is 1. The van der Waals surface area contributed by atoms with Gasteiger partial charge in [-0.1, -0.05) is 36.4 Å². The van der Waals surface area contributed by atoms with Crippen LogP contribution in [-0.2, 0) is 17.6 Å². The van der Waals surface area contributed by atoms with Crippen LogP contribution in [0.25, 0.3) is 10.1 Å². The van der Waals surface area contributed by atoms with E-state index in [0.717, 1.165) is 11.1 Å². The zero-order valence-corrected chi connectivity index (χ0v) is 13.2. The second kappa shape index (κ2) is 5.82. The lowest BCUT2D eigenvalue weighted by molar-refractivity contribution is -0.117. The molecular formula is C19H18OS. The highest BCUT2D eigenvalue weighted by Gasteiger charge is 2.10. The Hall–Kier alpha value is -1.93. The van der Waals surface area contributed by atoms with Gasteiger partial charge in [-0.2, -0.15) is 0 Å². The molecule has 0 N–H and O–H groups in total. The minimum absolute atomic E-state index is 0.279. The highest BCUT2D eigenvalue weighted by molar-refractivity contribution is 7.17. The minimum atomic E-state index is 0.279. The molecule has 2 aromatic carbocycles. The molecule has 3 aromatic rings. The zero-order valence-electron chi connectivity index (χ0n) is 12.3. The maximum atomic E-state index is 12.3. The second-order valence-corrected chi connectivity index (χ2v) is 6.48. The molecule has 0 aliphatic rings. The molecule has 106 valence electrons. The zero-order chi connectivity index (χ0) is 14.8. The van der Waals surface area contributed by atoms with Crippen molar-refractivity contribution in [1.82, 2.24) is 0 Å². The van der Waals surface area contributed by atoms with Gasteiger partial charge in [0.05, 0.1) is 0 Å². The summed E-state index contributed by atoms with van der Waals surface area (Å²) in [6.07, 6.45) is 1.04. The normalized spacial score (nSPS) is 11.0. The summed E-state index contributed by atoms with van der Waals surface area (Å²) in [5, 5.41) is 3.33. The van der Waals surface area contributed by atoms with Crippen LogP contribution in [0.2, 0.25) is 0 Å². The van der Waals surface area contributed by atoms with Gasteiger partial charge in [0.25, 0.3) is 0 Å². The van der Waals surface area contributed by atoms with Crippen molar-refractivity contribution in [3.05, 3.63) is 70.1 Å². The summed E-state index contributed by atoms with van der Waals surface area (Å²) in [6, 6.07) is 14.6. The van der Waals surface area contributed by atoms with Gasteiger partial charge in [0, 0.05) is 17.5 Å². The summed E-state index contributed by atoms with van der Waals surface area (Å²) in [5.74, 6) is 0.279. The van der Waals surface area contributed by atoms with Gasteiger partial charge < -0.3 is 0 Å². The first-order valence-corrected chi connectivity index (χ1v) is 8.04. The van der Waals surface area contributed by atoms with Gasteiger partial charge in [0.2, 0.25) is 0 Å². The van der Waals surface area contributed by atoms with Crippen molar-refractivity contribution in [1.29, 1.82) is 0 Å². The predicted molar refractivity (Wildman–Crippen MR) is 90.2 cm³/mol. The maximum Gasteiger partial charge on any atom is 0.141 e. The number of hydrogen-bond donors (Lipinski definition) is 0. The molecular weight excluding hydrogens is 276 g/mol. The second-order valence-electron chi connectivity index (χ2n) is 5.57. The molecule has 0 spiro atoms. The lowest BCUT2D eigenvalue weighted by Crippen LogP contribution is -2.06. The number of ketones is 1. The fourth-order valence-corrected chi connectivity index (χ4v) is 3.55. The number of thiophene rings is 1. The summed E-state index contributed by atoms with van der Waals surface area (Å²) in [5.41, 5.74) is 4.79.